The molecule has 2 rings (SSSR count). The summed E-state index contributed by atoms with van der Waals surface area (Å²) < 4.78 is 35.4. The van der Waals surface area contributed by atoms with Crippen LogP contribution in [-0.4, -0.2) is 19.2 Å². The predicted molar refractivity (Wildman–Crippen MR) is 100 cm³/mol. The van der Waals surface area contributed by atoms with E-state index in [0.29, 0.717) is 17.0 Å². The van der Waals surface area contributed by atoms with Crippen molar-refractivity contribution in [2.24, 2.45) is 0 Å². The fourth-order valence-corrected chi connectivity index (χ4v) is 3.62. The van der Waals surface area contributed by atoms with Crippen molar-refractivity contribution in [3.05, 3.63) is 33.5 Å². The lowest BCUT2D eigenvalue weighted by Gasteiger charge is -2.24. The third kappa shape index (κ3) is 4.97. The summed E-state index contributed by atoms with van der Waals surface area (Å²) >= 11 is 7.30. The second kappa shape index (κ2) is 8.07. The molecule has 1 N–H and O–H groups in total. The molecule has 0 aliphatic carbocycles. The summed E-state index contributed by atoms with van der Waals surface area (Å²) in [6.45, 7) is 9.23. The first-order valence-corrected chi connectivity index (χ1v) is 10.1. The van der Waals surface area contributed by atoms with E-state index >= 15 is 4.39 Å². The fraction of sp³-hybridized carbons (Fsp3) is 0.500. The van der Waals surface area contributed by atoms with Crippen molar-refractivity contribution in [2.45, 2.75) is 51.8 Å². The lowest BCUT2D eigenvalue weighted by molar-refractivity contribution is 0.426. The number of benzene rings is 1. The molecule has 25 heavy (non-hydrogen) atoms. The molecule has 0 aliphatic rings. The van der Waals surface area contributed by atoms with E-state index < -0.39 is 27.6 Å². The van der Waals surface area contributed by atoms with E-state index in [0.717, 1.165) is 0 Å². The molecule has 0 aliphatic heterocycles. The van der Waals surface area contributed by atoms with Gasteiger partial charge in [0.05, 0.1) is 20.8 Å². The van der Waals surface area contributed by atoms with Gasteiger partial charge in [0.25, 0.3) is 5.19 Å². The number of aryl methyl sites for hydroxylation is 1. The normalized spacial score (nSPS) is 14.4. The van der Waals surface area contributed by atoms with Crippen LogP contribution in [0.4, 0.5) is 4.39 Å². The van der Waals surface area contributed by atoms with Crippen LogP contribution in [-0.2, 0) is 11.0 Å². The Morgan fingerprint density at radius 2 is 2.08 bits per heavy atom. The van der Waals surface area contributed by atoms with Gasteiger partial charge in [-0.05, 0) is 40.2 Å². The largest absolute Gasteiger partial charge is 0.425 e. The SMILES string of the molecule is CC[C@@H](N[S@](=O)C(C)(C)C)c1ccc(Cl)c(Oc2nnc(C)s2)c1F. The third-order valence-corrected chi connectivity index (χ3v) is 5.99. The standard InChI is InChI=1S/C16H21ClFN3O2S2/c1-6-12(21-25(22)16(3,4)5)10-7-8-11(17)14(13(10)18)23-15-20-19-9(2)24-15/h7-8,12,21H,6H2,1-5H3/t12-,25-/m1/s1. The Balaban J connectivity index is 2.34. The van der Waals surface area contributed by atoms with Gasteiger partial charge in [-0.1, -0.05) is 41.0 Å². The zero-order valence-corrected chi connectivity index (χ0v) is 17.1. The van der Waals surface area contributed by atoms with E-state index in [1.807, 2.05) is 27.7 Å². The van der Waals surface area contributed by atoms with E-state index in [1.54, 1.807) is 19.1 Å². The summed E-state index contributed by atoms with van der Waals surface area (Å²) in [4.78, 5) is 0. The van der Waals surface area contributed by atoms with Crippen molar-refractivity contribution in [2.75, 3.05) is 0 Å². The van der Waals surface area contributed by atoms with Crippen LogP contribution < -0.4 is 9.46 Å². The molecule has 0 bridgehead atoms. The van der Waals surface area contributed by atoms with Gasteiger partial charge in [-0.25, -0.2) is 13.3 Å². The van der Waals surface area contributed by atoms with Crippen LogP contribution in [0.1, 0.15) is 50.7 Å². The van der Waals surface area contributed by atoms with Gasteiger partial charge in [0.15, 0.2) is 11.6 Å². The molecule has 1 aromatic carbocycles. The number of hydrogen-bond donors (Lipinski definition) is 1. The van der Waals surface area contributed by atoms with Gasteiger partial charge in [-0.15, -0.1) is 5.10 Å². The van der Waals surface area contributed by atoms with Crippen molar-refractivity contribution >= 4 is 33.9 Å². The number of nitrogens with zero attached hydrogens (tertiary/aromatic N) is 2. The molecule has 2 aromatic rings. The summed E-state index contributed by atoms with van der Waals surface area (Å²) in [5.41, 5.74) is 0.348. The summed E-state index contributed by atoms with van der Waals surface area (Å²) in [6, 6.07) is 2.71. The van der Waals surface area contributed by atoms with Crippen LogP contribution in [0.25, 0.3) is 0 Å². The molecule has 1 aromatic heterocycles. The summed E-state index contributed by atoms with van der Waals surface area (Å²) in [5, 5.41) is 8.73. The van der Waals surface area contributed by atoms with Crippen molar-refractivity contribution in [1.29, 1.82) is 0 Å². The maximum atomic E-state index is 15.0. The Hall–Kier alpha value is -1.09. The van der Waals surface area contributed by atoms with E-state index in [-0.39, 0.29) is 16.0 Å². The monoisotopic (exact) mass is 405 g/mol. The smallest absolute Gasteiger partial charge is 0.299 e. The molecule has 138 valence electrons. The highest BCUT2D eigenvalue weighted by Crippen LogP contribution is 2.37. The predicted octanol–water partition coefficient (Wildman–Crippen LogP) is 4.93. The average Bonchev–Trinajstić information content (AvgIpc) is 2.93. The van der Waals surface area contributed by atoms with E-state index in [9.17, 15) is 4.21 Å². The van der Waals surface area contributed by atoms with Gasteiger partial charge in [-0.2, -0.15) is 0 Å². The number of nitrogens with one attached hydrogen (secondary N) is 1. The zero-order chi connectivity index (χ0) is 18.8. The second-order valence-corrected chi connectivity index (χ2v) is 9.98. The molecule has 0 radical (unpaired) electrons. The first-order valence-electron chi connectivity index (χ1n) is 7.77. The quantitative estimate of drug-likeness (QED) is 0.739. The van der Waals surface area contributed by atoms with E-state index in [1.165, 1.54) is 11.3 Å². The van der Waals surface area contributed by atoms with Crippen molar-refractivity contribution in [3.8, 4) is 10.9 Å². The van der Waals surface area contributed by atoms with Crippen LogP contribution >= 0.6 is 22.9 Å². The van der Waals surface area contributed by atoms with Gasteiger partial charge in [0.2, 0.25) is 0 Å². The molecule has 0 spiro atoms. The first kappa shape index (κ1) is 20.2. The minimum Gasteiger partial charge on any atom is -0.425 e. The topological polar surface area (TPSA) is 64.1 Å². The number of halogens is 2. The molecule has 5 nitrogen and oxygen atoms in total. The van der Waals surface area contributed by atoms with Crippen molar-refractivity contribution in [3.63, 3.8) is 0 Å². The number of rotatable bonds is 6. The fourth-order valence-electron chi connectivity index (χ4n) is 1.99. The Bertz CT molecular complexity index is 777. The van der Waals surface area contributed by atoms with E-state index in [2.05, 4.69) is 14.9 Å². The van der Waals surface area contributed by atoms with Gasteiger partial charge in [0.1, 0.15) is 5.01 Å². The Kier molecular flexibility index (Phi) is 6.53. The van der Waals surface area contributed by atoms with Crippen LogP contribution in [0, 0.1) is 12.7 Å². The summed E-state index contributed by atoms with van der Waals surface area (Å²) in [7, 11) is -1.33. The molecule has 0 amide bonds. The highest BCUT2D eigenvalue weighted by molar-refractivity contribution is 7.84. The maximum Gasteiger partial charge on any atom is 0.299 e. The lowest BCUT2D eigenvalue weighted by Crippen LogP contribution is -2.35. The van der Waals surface area contributed by atoms with Crippen LogP contribution in [0.2, 0.25) is 5.02 Å². The Morgan fingerprint density at radius 1 is 1.40 bits per heavy atom. The lowest BCUT2D eigenvalue weighted by atomic mass is 10.0. The molecule has 0 saturated heterocycles. The third-order valence-electron chi connectivity index (χ3n) is 3.36. The Labute approximate surface area is 158 Å². The molecule has 0 saturated carbocycles. The van der Waals surface area contributed by atoms with Crippen LogP contribution in [0.3, 0.4) is 0 Å². The van der Waals surface area contributed by atoms with E-state index in [4.69, 9.17) is 16.3 Å². The molecule has 1 heterocycles. The molecule has 2 atom stereocenters. The minimum atomic E-state index is -1.33. The van der Waals surface area contributed by atoms with Crippen molar-refractivity contribution < 1.29 is 13.3 Å². The number of hydrogen-bond acceptors (Lipinski definition) is 5. The first-order chi connectivity index (χ1) is 11.6. The second-order valence-electron chi connectivity index (χ2n) is 6.43. The average molecular weight is 406 g/mol. The minimum absolute atomic E-state index is 0.0999. The Morgan fingerprint density at radius 3 is 2.60 bits per heavy atom. The highest BCUT2D eigenvalue weighted by atomic mass is 35.5. The van der Waals surface area contributed by atoms with Crippen LogP contribution in [0.5, 0.6) is 10.9 Å². The van der Waals surface area contributed by atoms with Gasteiger partial charge in [-0.3, -0.25) is 0 Å². The zero-order valence-electron chi connectivity index (χ0n) is 14.7. The van der Waals surface area contributed by atoms with Crippen LogP contribution in [0.15, 0.2) is 12.1 Å². The maximum absolute atomic E-state index is 15.0. The molecular formula is C16H21ClFN3O2S2. The number of ether oxygens (including phenoxy) is 1. The van der Waals surface area contributed by atoms with Gasteiger partial charge in [0, 0.05) is 11.6 Å². The van der Waals surface area contributed by atoms with Crippen molar-refractivity contribution in [1.82, 2.24) is 14.9 Å². The molecule has 9 heteroatoms. The highest BCUT2D eigenvalue weighted by Gasteiger charge is 2.26. The molecule has 0 fully saturated rings. The molecule has 0 unspecified atom stereocenters. The van der Waals surface area contributed by atoms with Gasteiger partial charge >= 0.3 is 0 Å². The summed E-state index contributed by atoms with van der Waals surface area (Å²) in [5.74, 6) is -0.692. The molecular weight excluding hydrogens is 385 g/mol. The number of aromatic nitrogens is 2. The van der Waals surface area contributed by atoms with Gasteiger partial charge < -0.3 is 4.74 Å². The summed E-state index contributed by atoms with van der Waals surface area (Å²) in [6.07, 6.45) is 0.553.